The summed E-state index contributed by atoms with van der Waals surface area (Å²) in [6.45, 7) is 4.56. The summed E-state index contributed by atoms with van der Waals surface area (Å²) in [5, 5.41) is 4.58. The molecule has 5 heteroatoms. The van der Waals surface area contributed by atoms with Crippen LogP contribution >= 0.6 is 0 Å². The van der Waals surface area contributed by atoms with Crippen molar-refractivity contribution in [2.24, 2.45) is 0 Å². The van der Waals surface area contributed by atoms with E-state index < -0.39 is 0 Å². The molecule has 0 aliphatic carbocycles. The fourth-order valence-electron chi connectivity index (χ4n) is 2.41. The van der Waals surface area contributed by atoms with Gasteiger partial charge < -0.3 is 4.74 Å². The number of pyridine rings is 1. The van der Waals surface area contributed by atoms with Gasteiger partial charge in [-0.3, -0.25) is 4.98 Å². The molecule has 0 amide bonds. The van der Waals surface area contributed by atoms with Crippen molar-refractivity contribution in [1.29, 1.82) is 0 Å². The minimum Gasteiger partial charge on any atom is -0.381 e. The molecule has 0 atom stereocenters. The maximum atomic E-state index is 5.41. The van der Waals surface area contributed by atoms with E-state index in [-0.39, 0.29) is 0 Å². The Morgan fingerprint density at radius 3 is 2.95 bits per heavy atom. The lowest BCUT2D eigenvalue weighted by atomic mass is 9.99. The van der Waals surface area contributed by atoms with Crippen LogP contribution in [0, 0.1) is 6.07 Å². The number of aromatic nitrogens is 4. The first-order chi connectivity index (χ1) is 9.38. The van der Waals surface area contributed by atoms with Crippen molar-refractivity contribution in [3.8, 4) is 11.4 Å². The lowest BCUT2D eigenvalue weighted by Gasteiger charge is -2.21. The van der Waals surface area contributed by atoms with Crippen LogP contribution in [0.5, 0.6) is 0 Å². The Kier molecular flexibility index (Phi) is 3.55. The average Bonchev–Trinajstić information content (AvgIpc) is 2.93. The molecule has 2 aromatic heterocycles. The molecule has 5 nitrogen and oxygen atoms in total. The predicted molar refractivity (Wildman–Crippen MR) is 70.6 cm³/mol. The second-order valence-electron chi connectivity index (χ2n) is 4.67. The second-order valence-corrected chi connectivity index (χ2v) is 4.67. The minimum absolute atomic E-state index is 0.454. The normalized spacial score (nSPS) is 16.7. The fraction of sp³-hybridized carbons (Fsp3) is 0.500. The van der Waals surface area contributed by atoms with Crippen LogP contribution in [0.4, 0.5) is 0 Å². The summed E-state index contributed by atoms with van der Waals surface area (Å²) in [5.41, 5.74) is 0.919. The molecular formula is C14H17N4O. The van der Waals surface area contributed by atoms with Gasteiger partial charge in [0.25, 0.3) is 0 Å². The zero-order valence-electron chi connectivity index (χ0n) is 11.0. The van der Waals surface area contributed by atoms with Crippen molar-refractivity contribution in [3.63, 3.8) is 0 Å². The van der Waals surface area contributed by atoms with Gasteiger partial charge >= 0.3 is 0 Å². The topological polar surface area (TPSA) is 52.8 Å². The van der Waals surface area contributed by atoms with Gasteiger partial charge in [0.15, 0.2) is 5.82 Å². The summed E-state index contributed by atoms with van der Waals surface area (Å²) in [5.74, 6) is 2.27. The quantitative estimate of drug-likeness (QED) is 0.844. The summed E-state index contributed by atoms with van der Waals surface area (Å²) in [4.78, 5) is 8.78. The lowest BCUT2D eigenvalue weighted by molar-refractivity contribution is 0.0826. The molecule has 2 aromatic rings. The van der Waals surface area contributed by atoms with Crippen molar-refractivity contribution in [1.82, 2.24) is 19.7 Å². The Balaban J connectivity index is 1.94. The van der Waals surface area contributed by atoms with E-state index in [9.17, 15) is 0 Å². The predicted octanol–water partition coefficient (Wildman–Crippen LogP) is 2.05. The summed E-state index contributed by atoms with van der Waals surface area (Å²) < 4.78 is 7.41. The molecule has 0 spiro atoms. The van der Waals surface area contributed by atoms with E-state index in [4.69, 9.17) is 9.72 Å². The largest absolute Gasteiger partial charge is 0.381 e. The Hall–Kier alpha value is -1.75. The van der Waals surface area contributed by atoms with Gasteiger partial charge in [0.1, 0.15) is 5.82 Å². The maximum Gasteiger partial charge on any atom is 0.182 e. The van der Waals surface area contributed by atoms with E-state index in [0.29, 0.717) is 5.92 Å². The monoisotopic (exact) mass is 257 g/mol. The van der Waals surface area contributed by atoms with Gasteiger partial charge in [-0.05, 0) is 25.8 Å². The first-order valence-electron chi connectivity index (χ1n) is 6.72. The van der Waals surface area contributed by atoms with Crippen LogP contribution in [-0.4, -0.2) is 33.0 Å². The highest BCUT2D eigenvalue weighted by Crippen LogP contribution is 2.27. The average molecular weight is 257 g/mol. The summed E-state index contributed by atoms with van der Waals surface area (Å²) in [6.07, 6.45) is 5.47. The lowest BCUT2D eigenvalue weighted by Crippen LogP contribution is -2.18. The van der Waals surface area contributed by atoms with Crippen molar-refractivity contribution >= 4 is 0 Å². The highest BCUT2D eigenvalue weighted by atomic mass is 16.5. The highest BCUT2D eigenvalue weighted by molar-refractivity contribution is 5.52. The smallest absolute Gasteiger partial charge is 0.182 e. The van der Waals surface area contributed by atoms with Gasteiger partial charge in [-0.2, -0.15) is 5.10 Å². The fourth-order valence-corrected chi connectivity index (χ4v) is 2.41. The first-order valence-corrected chi connectivity index (χ1v) is 6.72. The highest BCUT2D eigenvalue weighted by Gasteiger charge is 2.22. The van der Waals surface area contributed by atoms with Gasteiger partial charge in [-0.1, -0.05) is 0 Å². The molecule has 0 saturated carbocycles. The van der Waals surface area contributed by atoms with Gasteiger partial charge in [0, 0.05) is 49.7 Å². The number of ether oxygens (including phenoxy) is 1. The molecule has 0 unspecified atom stereocenters. The third kappa shape index (κ3) is 2.51. The molecule has 0 aromatic carbocycles. The van der Waals surface area contributed by atoms with Gasteiger partial charge in [-0.25, -0.2) is 9.67 Å². The number of rotatable bonds is 3. The van der Waals surface area contributed by atoms with E-state index in [1.807, 2.05) is 10.7 Å². The number of aryl methyl sites for hydroxylation is 1. The van der Waals surface area contributed by atoms with Crippen LogP contribution in [0.3, 0.4) is 0 Å². The number of nitrogens with zero attached hydrogens (tertiary/aromatic N) is 4. The Bertz CT molecular complexity index is 532. The molecule has 0 N–H and O–H groups in total. The standard InChI is InChI=1S/C14H17N4O/c1-2-18-14(11-5-8-19-9-6-11)16-13(17-18)12-4-3-7-15-10-12/h4,7,10-11H,2,5-6,8-9H2,1H3. The zero-order chi connectivity index (χ0) is 13.1. The summed E-state index contributed by atoms with van der Waals surface area (Å²) in [6, 6.07) is 4.84. The van der Waals surface area contributed by atoms with Crippen LogP contribution in [0.1, 0.15) is 31.5 Å². The maximum absolute atomic E-state index is 5.41. The van der Waals surface area contributed by atoms with E-state index in [2.05, 4.69) is 23.1 Å². The second kappa shape index (κ2) is 5.48. The van der Waals surface area contributed by atoms with Crippen molar-refractivity contribution in [2.45, 2.75) is 32.2 Å². The van der Waals surface area contributed by atoms with E-state index in [1.54, 1.807) is 12.4 Å². The van der Waals surface area contributed by atoms with Crippen LogP contribution < -0.4 is 0 Å². The van der Waals surface area contributed by atoms with Crippen molar-refractivity contribution < 1.29 is 4.74 Å². The van der Waals surface area contributed by atoms with E-state index in [0.717, 1.165) is 49.8 Å². The van der Waals surface area contributed by atoms with E-state index in [1.165, 1.54) is 0 Å². The Morgan fingerprint density at radius 2 is 2.26 bits per heavy atom. The molecule has 99 valence electrons. The summed E-state index contributed by atoms with van der Waals surface area (Å²) >= 11 is 0. The SMILES string of the molecule is CCn1nc(-c2c[c]cnc2)nc1C1CCOCC1. The molecule has 3 rings (SSSR count). The minimum atomic E-state index is 0.454. The van der Waals surface area contributed by atoms with Crippen LogP contribution in [0.25, 0.3) is 11.4 Å². The molecule has 1 aliphatic heterocycles. The van der Waals surface area contributed by atoms with Crippen LogP contribution in [0.15, 0.2) is 18.5 Å². The molecule has 1 saturated heterocycles. The number of hydrogen-bond acceptors (Lipinski definition) is 4. The van der Waals surface area contributed by atoms with Gasteiger partial charge in [-0.15, -0.1) is 0 Å². The molecule has 0 bridgehead atoms. The van der Waals surface area contributed by atoms with Gasteiger partial charge in [0.2, 0.25) is 0 Å². The summed E-state index contributed by atoms with van der Waals surface area (Å²) in [7, 11) is 0. The van der Waals surface area contributed by atoms with Crippen molar-refractivity contribution in [3.05, 3.63) is 30.4 Å². The molecule has 1 radical (unpaired) electrons. The Morgan fingerprint density at radius 1 is 1.42 bits per heavy atom. The Labute approximate surface area is 112 Å². The third-order valence-electron chi connectivity index (χ3n) is 3.45. The van der Waals surface area contributed by atoms with Gasteiger partial charge in [0.05, 0.1) is 0 Å². The van der Waals surface area contributed by atoms with E-state index >= 15 is 0 Å². The third-order valence-corrected chi connectivity index (χ3v) is 3.45. The molecule has 19 heavy (non-hydrogen) atoms. The number of hydrogen-bond donors (Lipinski definition) is 0. The molecule has 1 fully saturated rings. The zero-order valence-corrected chi connectivity index (χ0v) is 11.0. The first kappa shape index (κ1) is 12.3. The molecular weight excluding hydrogens is 240 g/mol. The van der Waals surface area contributed by atoms with Crippen LogP contribution in [0.2, 0.25) is 0 Å². The van der Waals surface area contributed by atoms with Crippen molar-refractivity contribution in [2.75, 3.05) is 13.2 Å². The molecule has 1 aliphatic rings. The molecule has 3 heterocycles. The van der Waals surface area contributed by atoms with Crippen LogP contribution in [-0.2, 0) is 11.3 Å².